The molecule has 2 aliphatic rings. The smallest absolute Gasteiger partial charge is 0.0717 e. The van der Waals surface area contributed by atoms with Crippen molar-refractivity contribution < 1.29 is 4.74 Å². The summed E-state index contributed by atoms with van der Waals surface area (Å²) in [4.78, 5) is 0. The molecule has 82 valence electrons. The first-order chi connectivity index (χ1) is 6.77. The highest BCUT2D eigenvalue weighted by atomic mass is 16.5. The topological polar surface area (TPSA) is 9.23 Å². The van der Waals surface area contributed by atoms with E-state index in [-0.39, 0.29) is 0 Å². The van der Waals surface area contributed by atoms with E-state index in [9.17, 15) is 0 Å². The number of unbranched alkanes of at least 4 members (excludes halogenated alkanes) is 3. The van der Waals surface area contributed by atoms with Gasteiger partial charge in [0, 0.05) is 0 Å². The van der Waals surface area contributed by atoms with Crippen molar-refractivity contribution in [2.24, 2.45) is 5.92 Å². The molecule has 0 aromatic rings. The molecule has 0 amide bonds. The predicted octanol–water partition coefficient (Wildman–Crippen LogP) is 3.91. The van der Waals surface area contributed by atoms with Crippen LogP contribution in [-0.4, -0.2) is 11.7 Å². The lowest BCUT2D eigenvalue weighted by Crippen LogP contribution is -2.17. The molecule has 2 rings (SSSR count). The molecule has 0 radical (unpaired) electrons. The average Bonchev–Trinajstić information content (AvgIpc) is 2.83. The fourth-order valence-corrected chi connectivity index (χ4v) is 3.01. The molecular weight excluding hydrogens is 172 g/mol. The van der Waals surface area contributed by atoms with E-state index in [4.69, 9.17) is 4.74 Å². The molecule has 2 unspecified atom stereocenters. The lowest BCUT2D eigenvalue weighted by atomic mass is 9.91. The number of rotatable bonds is 5. The number of hydrogen-bond acceptors (Lipinski definition) is 1. The van der Waals surface area contributed by atoms with Crippen LogP contribution >= 0.6 is 0 Å². The van der Waals surface area contributed by atoms with Gasteiger partial charge in [-0.05, 0) is 38.5 Å². The van der Waals surface area contributed by atoms with E-state index in [1.54, 1.807) is 0 Å². The summed E-state index contributed by atoms with van der Waals surface area (Å²) in [6.07, 6.45) is 11.6. The fourth-order valence-electron chi connectivity index (χ4n) is 3.01. The Hall–Kier alpha value is -0.0400. The summed E-state index contributed by atoms with van der Waals surface area (Å²) in [6, 6.07) is 0. The van der Waals surface area contributed by atoms with Gasteiger partial charge in [-0.15, -0.1) is 0 Å². The largest absolute Gasteiger partial charge is 0.372 e. The van der Waals surface area contributed by atoms with Gasteiger partial charge in [0.25, 0.3) is 0 Å². The van der Waals surface area contributed by atoms with Crippen molar-refractivity contribution in [3.8, 4) is 0 Å². The minimum atomic E-state index is 0.381. The molecule has 0 bridgehead atoms. The Balaban J connectivity index is 1.70. The maximum Gasteiger partial charge on any atom is 0.0717 e. The number of hydrogen-bond donors (Lipinski definition) is 0. The third-order valence-corrected chi connectivity index (χ3v) is 3.95. The summed E-state index contributed by atoms with van der Waals surface area (Å²) in [5.74, 6) is 0.898. The zero-order valence-corrected chi connectivity index (χ0v) is 9.72. The van der Waals surface area contributed by atoms with Crippen LogP contribution in [0.4, 0.5) is 0 Å². The van der Waals surface area contributed by atoms with Gasteiger partial charge in [-0.1, -0.05) is 32.6 Å². The molecule has 1 saturated carbocycles. The van der Waals surface area contributed by atoms with Crippen LogP contribution in [0, 0.1) is 5.92 Å². The second-order valence-corrected chi connectivity index (χ2v) is 5.28. The Bertz CT molecular complexity index is 184. The van der Waals surface area contributed by atoms with Crippen molar-refractivity contribution in [2.45, 2.75) is 76.9 Å². The van der Waals surface area contributed by atoms with Crippen LogP contribution in [-0.2, 0) is 4.74 Å². The first-order valence-electron chi connectivity index (χ1n) is 6.44. The van der Waals surface area contributed by atoms with Gasteiger partial charge in [0.2, 0.25) is 0 Å². The van der Waals surface area contributed by atoms with E-state index in [0.29, 0.717) is 11.7 Å². The van der Waals surface area contributed by atoms with Gasteiger partial charge in [-0.2, -0.15) is 0 Å². The highest BCUT2D eigenvalue weighted by Crippen LogP contribution is 2.54. The van der Waals surface area contributed by atoms with E-state index in [2.05, 4.69) is 13.8 Å². The molecule has 1 aliphatic heterocycles. The lowest BCUT2D eigenvalue weighted by Gasteiger charge is -2.16. The van der Waals surface area contributed by atoms with Crippen LogP contribution in [0.15, 0.2) is 0 Å². The van der Waals surface area contributed by atoms with Crippen molar-refractivity contribution in [3.05, 3.63) is 0 Å². The van der Waals surface area contributed by atoms with Gasteiger partial charge in [0.05, 0.1) is 11.7 Å². The van der Waals surface area contributed by atoms with E-state index in [1.165, 1.54) is 51.4 Å². The highest BCUT2D eigenvalue weighted by molar-refractivity contribution is 5.05. The van der Waals surface area contributed by atoms with E-state index in [1.807, 2.05) is 0 Å². The maximum atomic E-state index is 6.03. The van der Waals surface area contributed by atoms with Crippen molar-refractivity contribution in [3.63, 3.8) is 0 Å². The molecule has 1 heterocycles. The van der Waals surface area contributed by atoms with Crippen LogP contribution in [0.5, 0.6) is 0 Å². The van der Waals surface area contributed by atoms with Gasteiger partial charge in [0.15, 0.2) is 0 Å². The van der Waals surface area contributed by atoms with Gasteiger partial charge >= 0.3 is 0 Å². The lowest BCUT2D eigenvalue weighted by molar-refractivity contribution is 0.0227. The average molecular weight is 196 g/mol. The monoisotopic (exact) mass is 196 g/mol. The van der Waals surface area contributed by atoms with Gasteiger partial charge < -0.3 is 4.74 Å². The Kier molecular flexibility index (Phi) is 3.16. The Morgan fingerprint density at radius 1 is 1.21 bits per heavy atom. The van der Waals surface area contributed by atoms with Crippen molar-refractivity contribution in [2.75, 3.05) is 0 Å². The van der Waals surface area contributed by atoms with Crippen LogP contribution in [0.2, 0.25) is 0 Å². The van der Waals surface area contributed by atoms with E-state index >= 15 is 0 Å². The van der Waals surface area contributed by atoms with Crippen molar-refractivity contribution >= 4 is 0 Å². The molecule has 2 atom stereocenters. The Labute approximate surface area is 88.2 Å². The minimum Gasteiger partial charge on any atom is -0.372 e. The quantitative estimate of drug-likeness (QED) is 0.606. The van der Waals surface area contributed by atoms with Crippen molar-refractivity contribution in [1.82, 2.24) is 0 Å². The molecule has 0 aromatic heterocycles. The molecule has 1 nitrogen and oxygen atoms in total. The van der Waals surface area contributed by atoms with Crippen LogP contribution < -0.4 is 0 Å². The SMILES string of the molecule is CCCCCCC1CC(C)OC12CC2. The van der Waals surface area contributed by atoms with Crippen LogP contribution in [0.3, 0.4) is 0 Å². The first-order valence-corrected chi connectivity index (χ1v) is 6.44. The third kappa shape index (κ3) is 2.13. The second-order valence-electron chi connectivity index (χ2n) is 5.28. The molecule has 1 spiro atoms. The summed E-state index contributed by atoms with van der Waals surface area (Å²) in [6.45, 7) is 4.52. The number of ether oxygens (including phenoxy) is 1. The van der Waals surface area contributed by atoms with Crippen LogP contribution in [0.1, 0.15) is 65.2 Å². The maximum absolute atomic E-state index is 6.03. The third-order valence-electron chi connectivity index (χ3n) is 3.95. The molecule has 14 heavy (non-hydrogen) atoms. The summed E-state index contributed by atoms with van der Waals surface area (Å²) in [5, 5.41) is 0. The first kappa shape index (κ1) is 10.5. The van der Waals surface area contributed by atoms with Crippen molar-refractivity contribution in [1.29, 1.82) is 0 Å². The van der Waals surface area contributed by atoms with E-state index < -0.39 is 0 Å². The fraction of sp³-hybridized carbons (Fsp3) is 1.00. The second kappa shape index (κ2) is 4.22. The molecule has 2 fully saturated rings. The minimum absolute atomic E-state index is 0.381. The summed E-state index contributed by atoms with van der Waals surface area (Å²) in [5.41, 5.74) is 0.381. The molecular formula is C13H24O. The van der Waals surface area contributed by atoms with Crippen LogP contribution in [0.25, 0.3) is 0 Å². The Morgan fingerprint density at radius 2 is 2.00 bits per heavy atom. The summed E-state index contributed by atoms with van der Waals surface area (Å²) in [7, 11) is 0. The molecule has 1 aliphatic carbocycles. The standard InChI is InChI=1S/C13H24O/c1-3-4-5-6-7-12-10-11(2)14-13(12)8-9-13/h11-12H,3-10H2,1-2H3. The normalized spacial score (nSPS) is 33.9. The summed E-state index contributed by atoms with van der Waals surface area (Å²) >= 11 is 0. The zero-order valence-electron chi connectivity index (χ0n) is 9.72. The van der Waals surface area contributed by atoms with Gasteiger partial charge in [-0.25, -0.2) is 0 Å². The molecule has 1 heteroatoms. The highest BCUT2D eigenvalue weighted by Gasteiger charge is 2.55. The molecule has 1 saturated heterocycles. The molecule has 0 aromatic carbocycles. The summed E-state index contributed by atoms with van der Waals surface area (Å²) < 4.78 is 6.03. The Morgan fingerprint density at radius 3 is 2.64 bits per heavy atom. The van der Waals surface area contributed by atoms with Gasteiger partial charge in [-0.3, -0.25) is 0 Å². The van der Waals surface area contributed by atoms with Gasteiger partial charge in [0.1, 0.15) is 0 Å². The molecule has 0 N–H and O–H groups in total. The predicted molar refractivity (Wildman–Crippen MR) is 59.4 cm³/mol. The zero-order chi connectivity index (χ0) is 10.0. The van der Waals surface area contributed by atoms with E-state index in [0.717, 1.165) is 5.92 Å².